The maximum absolute atomic E-state index is 8.83. The second kappa shape index (κ2) is 7.29. The average Bonchev–Trinajstić information content (AvgIpc) is 2.50. The molecule has 0 aromatic heterocycles. The first-order chi connectivity index (χ1) is 10.2. The summed E-state index contributed by atoms with van der Waals surface area (Å²) in [6.07, 6.45) is 6.02. The zero-order chi connectivity index (χ0) is 15.1. The van der Waals surface area contributed by atoms with E-state index in [0.717, 1.165) is 12.8 Å². The molecule has 0 radical (unpaired) electrons. The Labute approximate surface area is 124 Å². The molecule has 0 heterocycles. The van der Waals surface area contributed by atoms with E-state index in [2.05, 4.69) is 10.5 Å². The van der Waals surface area contributed by atoms with Gasteiger partial charge < -0.3 is 10.5 Å². The Morgan fingerprint density at radius 1 is 1.33 bits per heavy atom. The highest BCUT2D eigenvalue weighted by molar-refractivity contribution is 6.45. The summed E-state index contributed by atoms with van der Waals surface area (Å²) in [5.74, 6) is 0.338. The van der Waals surface area contributed by atoms with Gasteiger partial charge in [0.1, 0.15) is 11.8 Å². The van der Waals surface area contributed by atoms with E-state index in [4.69, 9.17) is 21.1 Å². The number of ether oxygens (including phenoxy) is 1. The molecule has 1 aromatic rings. The zero-order valence-corrected chi connectivity index (χ0v) is 11.8. The van der Waals surface area contributed by atoms with Gasteiger partial charge in [0.05, 0.1) is 11.8 Å². The van der Waals surface area contributed by atoms with Crippen molar-refractivity contribution in [2.45, 2.75) is 38.2 Å². The summed E-state index contributed by atoms with van der Waals surface area (Å²) >= 11 is 0. The molecule has 0 aliphatic heterocycles. The van der Waals surface area contributed by atoms with Gasteiger partial charge in [0, 0.05) is 0 Å². The van der Waals surface area contributed by atoms with E-state index in [9.17, 15) is 0 Å². The number of hydrogen-bond donors (Lipinski definition) is 3. The monoisotopic (exact) mass is 285 g/mol. The van der Waals surface area contributed by atoms with Crippen molar-refractivity contribution in [3.63, 3.8) is 0 Å². The highest BCUT2D eigenvalue weighted by Crippen LogP contribution is 2.29. The van der Waals surface area contributed by atoms with Gasteiger partial charge >= 0.3 is 0 Å². The number of hydrazone groups is 1. The molecule has 0 bridgehead atoms. The molecule has 0 saturated heterocycles. The first kappa shape index (κ1) is 14.9. The van der Waals surface area contributed by atoms with Crippen LogP contribution in [-0.4, -0.2) is 17.7 Å². The molecule has 1 aromatic carbocycles. The molecule has 1 fully saturated rings. The van der Waals surface area contributed by atoms with E-state index in [0.29, 0.717) is 11.4 Å². The number of anilines is 1. The molecule has 0 amide bonds. The second-order valence-electron chi connectivity index (χ2n) is 4.97. The van der Waals surface area contributed by atoms with Crippen LogP contribution in [0.2, 0.25) is 0 Å². The van der Waals surface area contributed by atoms with Gasteiger partial charge in [-0.3, -0.25) is 10.8 Å². The van der Waals surface area contributed by atoms with Crippen LogP contribution in [0, 0.1) is 16.7 Å². The highest BCUT2D eigenvalue weighted by atomic mass is 16.5. The van der Waals surface area contributed by atoms with Crippen LogP contribution in [0.25, 0.3) is 0 Å². The van der Waals surface area contributed by atoms with Crippen LogP contribution in [0.4, 0.5) is 5.69 Å². The predicted octanol–water partition coefficient (Wildman–Crippen LogP) is 2.63. The van der Waals surface area contributed by atoms with Gasteiger partial charge in [-0.1, -0.05) is 18.6 Å². The standard InChI is InChI=1S/C15H19N5O/c16-10-13(15(17)18)20-19-12-8-4-5-9-14(12)21-11-6-2-1-3-7-11/h4-5,8-9,11,19H,1-3,6-7H2,(H3,17,18)/b20-13+. The maximum atomic E-state index is 8.83. The van der Waals surface area contributed by atoms with Gasteiger partial charge in [-0.2, -0.15) is 10.4 Å². The molecule has 1 aliphatic rings. The zero-order valence-electron chi connectivity index (χ0n) is 11.8. The van der Waals surface area contributed by atoms with Gasteiger partial charge in [0.25, 0.3) is 0 Å². The van der Waals surface area contributed by atoms with Crippen molar-refractivity contribution in [3.05, 3.63) is 24.3 Å². The highest BCUT2D eigenvalue weighted by Gasteiger charge is 2.16. The summed E-state index contributed by atoms with van der Waals surface area (Å²) in [7, 11) is 0. The van der Waals surface area contributed by atoms with Gasteiger partial charge in [0.15, 0.2) is 5.84 Å². The van der Waals surface area contributed by atoms with E-state index in [1.54, 1.807) is 6.07 Å². The Morgan fingerprint density at radius 2 is 2.05 bits per heavy atom. The van der Waals surface area contributed by atoms with Crippen molar-refractivity contribution in [2.75, 3.05) is 5.43 Å². The lowest BCUT2D eigenvalue weighted by molar-refractivity contribution is 0.156. The molecule has 0 spiro atoms. The maximum Gasteiger partial charge on any atom is 0.201 e. The summed E-state index contributed by atoms with van der Waals surface area (Å²) < 4.78 is 6.01. The molecular formula is C15H19N5O. The van der Waals surface area contributed by atoms with Gasteiger partial charge in [0.2, 0.25) is 5.71 Å². The minimum Gasteiger partial charge on any atom is -0.488 e. The quantitative estimate of drug-likeness (QED) is 0.439. The molecule has 1 saturated carbocycles. The normalized spacial score (nSPS) is 16.0. The Kier molecular flexibility index (Phi) is 5.16. The van der Waals surface area contributed by atoms with Crippen LogP contribution in [0.5, 0.6) is 5.75 Å². The fourth-order valence-electron chi connectivity index (χ4n) is 2.29. The van der Waals surface area contributed by atoms with Crippen LogP contribution in [0.3, 0.4) is 0 Å². The predicted molar refractivity (Wildman–Crippen MR) is 82.5 cm³/mol. The number of nitrogens with one attached hydrogen (secondary N) is 2. The Bertz CT molecular complexity index is 570. The smallest absolute Gasteiger partial charge is 0.201 e. The number of rotatable bonds is 5. The van der Waals surface area contributed by atoms with Crippen LogP contribution >= 0.6 is 0 Å². The summed E-state index contributed by atoms with van der Waals surface area (Å²) in [5, 5.41) is 19.9. The lowest BCUT2D eigenvalue weighted by atomic mass is 9.98. The fraction of sp³-hybridized carbons (Fsp3) is 0.400. The second-order valence-corrected chi connectivity index (χ2v) is 4.97. The van der Waals surface area contributed by atoms with Crippen molar-refractivity contribution >= 4 is 17.2 Å². The van der Waals surface area contributed by atoms with E-state index in [-0.39, 0.29) is 17.7 Å². The molecule has 4 N–H and O–H groups in total. The summed E-state index contributed by atoms with van der Waals surface area (Å²) in [4.78, 5) is 0. The van der Waals surface area contributed by atoms with Crippen molar-refractivity contribution < 1.29 is 4.74 Å². The number of nitrogens with zero attached hydrogens (tertiary/aromatic N) is 2. The van der Waals surface area contributed by atoms with Crippen molar-refractivity contribution in [1.29, 1.82) is 10.7 Å². The molecule has 0 unspecified atom stereocenters. The van der Waals surface area contributed by atoms with Gasteiger partial charge in [-0.05, 0) is 37.8 Å². The lowest BCUT2D eigenvalue weighted by Gasteiger charge is -2.24. The Balaban J connectivity index is 2.09. The Hall–Kier alpha value is -2.55. The number of para-hydroxylation sites is 2. The molecule has 0 atom stereocenters. The molecular weight excluding hydrogens is 266 g/mol. The third kappa shape index (κ3) is 4.21. The first-order valence-electron chi connectivity index (χ1n) is 7.04. The van der Waals surface area contributed by atoms with Crippen molar-refractivity contribution in [2.24, 2.45) is 10.8 Å². The number of nitriles is 1. The SMILES string of the molecule is N#C/C(=N\Nc1ccccc1OC1CCCCC1)C(=N)N. The van der Waals surface area contributed by atoms with E-state index >= 15 is 0 Å². The summed E-state index contributed by atoms with van der Waals surface area (Å²) in [6, 6.07) is 9.20. The third-order valence-corrected chi connectivity index (χ3v) is 3.38. The molecule has 110 valence electrons. The van der Waals surface area contributed by atoms with E-state index < -0.39 is 0 Å². The molecule has 6 heteroatoms. The topological polar surface area (TPSA) is 107 Å². The van der Waals surface area contributed by atoms with E-state index in [1.807, 2.05) is 24.3 Å². The van der Waals surface area contributed by atoms with E-state index in [1.165, 1.54) is 19.3 Å². The molecule has 1 aliphatic carbocycles. The molecule has 21 heavy (non-hydrogen) atoms. The van der Waals surface area contributed by atoms with Crippen LogP contribution in [-0.2, 0) is 0 Å². The van der Waals surface area contributed by atoms with Crippen molar-refractivity contribution in [1.82, 2.24) is 0 Å². The lowest BCUT2D eigenvalue weighted by Crippen LogP contribution is -2.22. The van der Waals surface area contributed by atoms with Crippen LogP contribution in [0.15, 0.2) is 29.4 Å². The van der Waals surface area contributed by atoms with Gasteiger partial charge in [-0.25, -0.2) is 0 Å². The number of benzene rings is 1. The van der Waals surface area contributed by atoms with Crippen LogP contribution < -0.4 is 15.9 Å². The fourth-order valence-corrected chi connectivity index (χ4v) is 2.29. The molecule has 6 nitrogen and oxygen atoms in total. The number of amidine groups is 1. The average molecular weight is 285 g/mol. The first-order valence-corrected chi connectivity index (χ1v) is 7.04. The summed E-state index contributed by atoms with van der Waals surface area (Å²) in [6.45, 7) is 0. The third-order valence-electron chi connectivity index (χ3n) is 3.38. The van der Waals surface area contributed by atoms with Gasteiger partial charge in [-0.15, -0.1) is 0 Å². The summed E-state index contributed by atoms with van der Waals surface area (Å²) in [5.41, 5.74) is 8.53. The number of hydrogen-bond acceptors (Lipinski definition) is 5. The largest absolute Gasteiger partial charge is 0.488 e. The Morgan fingerprint density at radius 3 is 2.71 bits per heavy atom. The van der Waals surface area contributed by atoms with Crippen molar-refractivity contribution in [3.8, 4) is 11.8 Å². The number of nitrogens with two attached hydrogens (primary N) is 1. The van der Waals surface area contributed by atoms with Crippen LogP contribution in [0.1, 0.15) is 32.1 Å². The minimum absolute atomic E-state index is 0.150. The minimum atomic E-state index is -0.365. The molecule has 2 rings (SSSR count).